The lowest BCUT2D eigenvalue weighted by molar-refractivity contribution is -0.128. The van der Waals surface area contributed by atoms with E-state index < -0.39 is 6.10 Å². The van der Waals surface area contributed by atoms with Gasteiger partial charge in [0.25, 0.3) is 0 Å². The van der Waals surface area contributed by atoms with Crippen molar-refractivity contribution in [2.75, 3.05) is 19.6 Å². The highest BCUT2D eigenvalue weighted by Crippen LogP contribution is 2.16. The predicted molar refractivity (Wildman–Crippen MR) is 45.4 cm³/mol. The van der Waals surface area contributed by atoms with Crippen LogP contribution in [0, 0.1) is 5.92 Å². The topological polar surface area (TPSA) is 66.6 Å². The molecule has 0 saturated carbocycles. The number of nitrogens with two attached hydrogens (primary N) is 1. The lowest BCUT2D eigenvalue weighted by Crippen LogP contribution is -2.32. The van der Waals surface area contributed by atoms with E-state index in [0.717, 1.165) is 0 Å². The normalized spacial score (nSPS) is 26.4. The molecule has 1 unspecified atom stereocenters. The summed E-state index contributed by atoms with van der Waals surface area (Å²) in [5, 5.41) is 9.06. The largest absolute Gasteiger partial charge is 0.392 e. The van der Waals surface area contributed by atoms with Crippen LogP contribution in [0.1, 0.15) is 13.3 Å². The molecular formula is C8H16N2O2. The molecule has 0 aliphatic carbocycles. The van der Waals surface area contributed by atoms with Crippen molar-refractivity contribution in [2.24, 2.45) is 11.7 Å². The Balaban J connectivity index is 2.41. The van der Waals surface area contributed by atoms with Crippen LogP contribution in [0.2, 0.25) is 0 Å². The monoisotopic (exact) mass is 172 g/mol. The van der Waals surface area contributed by atoms with Gasteiger partial charge in [-0.1, -0.05) is 0 Å². The first-order valence-corrected chi connectivity index (χ1v) is 4.29. The van der Waals surface area contributed by atoms with Crippen LogP contribution in [0.3, 0.4) is 0 Å². The quantitative estimate of drug-likeness (QED) is 0.584. The Morgan fingerprint density at radius 1 is 1.83 bits per heavy atom. The van der Waals surface area contributed by atoms with E-state index in [2.05, 4.69) is 0 Å². The van der Waals surface area contributed by atoms with Gasteiger partial charge in [0.15, 0.2) is 0 Å². The van der Waals surface area contributed by atoms with E-state index in [4.69, 9.17) is 10.8 Å². The van der Waals surface area contributed by atoms with Crippen molar-refractivity contribution >= 4 is 5.91 Å². The van der Waals surface area contributed by atoms with Crippen LogP contribution in [0.15, 0.2) is 0 Å². The SMILES string of the molecule is C[C@@H](O)CN1CC(CN)CC1=O. The van der Waals surface area contributed by atoms with Gasteiger partial charge in [-0.15, -0.1) is 0 Å². The van der Waals surface area contributed by atoms with Gasteiger partial charge < -0.3 is 15.7 Å². The molecule has 0 spiro atoms. The smallest absolute Gasteiger partial charge is 0.223 e. The summed E-state index contributed by atoms with van der Waals surface area (Å²) in [5.74, 6) is 0.405. The summed E-state index contributed by atoms with van der Waals surface area (Å²) < 4.78 is 0. The van der Waals surface area contributed by atoms with Crippen molar-refractivity contribution in [1.82, 2.24) is 4.90 Å². The summed E-state index contributed by atoms with van der Waals surface area (Å²) in [5.41, 5.74) is 5.45. The molecule has 1 rings (SSSR count). The predicted octanol–water partition coefficient (Wildman–Crippen LogP) is -0.826. The van der Waals surface area contributed by atoms with E-state index in [0.29, 0.717) is 26.1 Å². The highest BCUT2D eigenvalue weighted by molar-refractivity contribution is 5.78. The molecule has 3 N–H and O–H groups in total. The Labute approximate surface area is 72.3 Å². The molecule has 1 heterocycles. The van der Waals surface area contributed by atoms with Crippen molar-refractivity contribution in [2.45, 2.75) is 19.4 Å². The molecule has 1 fully saturated rings. The van der Waals surface area contributed by atoms with Gasteiger partial charge in [-0.05, 0) is 19.4 Å². The molecule has 0 radical (unpaired) electrons. The Bertz CT molecular complexity index is 170. The number of rotatable bonds is 3. The first-order chi connectivity index (χ1) is 5.63. The summed E-state index contributed by atoms with van der Waals surface area (Å²) >= 11 is 0. The Kier molecular flexibility index (Phi) is 3.05. The fourth-order valence-corrected chi connectivity index (χ4v) is 1.51. The lowest BCUT2D eigenvalue weighted by Gasteiger charge is -2.17. The van der Waals surface area contributed by atoms with Gasteiger partial charge in [-0.25, -0.2) is 0 Å². The highest BCUT2D eigenvalue weighted by atomic mass is 16.3. The maximum Gasteiger partial charge on any atom is 0.223 e. The first-order valence-electron chi connectivity index (χ1n) is 4.29. The van der Waals surface area contributed by atoms with E-state index in [9.17, 15) is 4.79 Å². The zero-order valence-corrected chi connectivity index (χ0v) is 7.36. The Hall–Kier alpha value is -0.610. The van der Waals surface area contributed by atoms with Crippen molar-refractivity contribution in [1.29, 1.82) is 0 Å². The van der Waals surface area contributed by atoms with E-state index >= 15 is 0 Å². The molecule has 12 heavy (non-hydrogen) atoms. The standard InChI is InChI=1S/C8H16N2O2/c1-6(11)4-10-5-7(3-9)2-8(10)12/h6-7,11H,2-5,9H2,1H3/t6-,7?/m1/s1. The van der Waals surface area contributed by atoms with E-state index in [1.54, 1.807) is 11.8 Å². The summed E-state index contributed by atoms with van der Waals surface area (Å²) in [6, 6.07) is 0. The van der Waals surface area contributed by atoms with Gasteiger partial charge in [0.05, 0.1) is 6.10 Å². The minimum Gasteiger partial charge on any atom is -0.392 e. The second-order valence-corrected chi connectivity index (χ2v) is 3.45. The maximum absolute atomic E-state index is 11.2. The zero-order valence-electron chi connectivity index (χ0n) is 7.36. The molecule has 0 aromatic carbocycles. The summed E-state index contributed by atoms with van der Waals surface area (Å²) in [4.78, 5) is 12.9. The van der Waals surface area contributed by atoms with Crippen LogP contribution in [0.5, 0.6) is 0 Å². The van der Waals surface area contributed by atoms with Gasteiger partial charge in [0, 0.05) is 19.5 Å². The third-order valence-corrected chi connectivity index (χ3v) is 2.11. The molecule has 1 aliphatic heterocycles. The third kappa shape index (κ3) is 2.19. The Morgan fingerprint density at radius 2 is 2.50 bits per heavy atom. The molecule has 1 amide bonds. The number of likely N-dealkylation sites (tertiary alicyclic amines) is 1. The summed E-state index contributed by atoms with van der Waals surface area (Å²) in [6.45, 7) is 3.39. The van der Waals surface area contributed by atoms with Crippen LogP contribution < -0.4 is 5.73 Å². The first kappa shape index (κ1) is 9.48. The second-order valence-electron chi connectivity index (χ2n) is 3.45. The van der Waals surface area contributed by atoms with Crippen LogP contribution in [-0.2, 0) is 4.79 Å². The van der Waals surface area contributed by atoms with Gasteiger partial charge >= 0.3 is 0 Å². The number of carbonyl (C=O) groups excluding carboxylic acids is 1. The summed E-state index contributed by atoms with van der Waals surface area (Å²) in [7, 11) is 0. The van der Waals surface area contributed by atoms with Gasteiger partial charge in [0.1, 0.15) is 0 Å². The average Bonchev–Trinajstić information content (AvgIpc) is 2.31. The fourth-order valence-electron chi connectivity index (χ4n) is 1.51. The van der Waals surface area contributed by atoms with Crippen LogP contribution in [0.4, 0.5) is 0 Å². The van der Waals surface area contributed by atoms with Gasteiger partial charge in [0.2, 0.25) is 5.91 Å². The van der Waals surface area contributed by atoms with Gasteiger partial charge in [-0.3, -0.25) is 4.79 Å². The van der Waals surface area contributed by atoms with Gasteiger partial charge in [-0.2, -0.15) is 0 Å². The summed E-state index contributed by atoms with van der Waals surface area (Å²) in [6.07, 6.45) is 0.105. The third-order valence-electron chi connectivity index (χ3n) is 2.11. The number of aliphatic hydroxyl groups is 1. The van der Waals surface area contributed by atoms with Crippen molar-refractivity contribution in [3.63, 3.8) is 0 Å². The molecule has 0 aromatic heterocycles. The molecule has 4 nitrogen and oxygen atoms in total. The number of nitrogens with zero attached hydrogens (tertiary/aromatic N) is 1. The number of carbonyl (C=O) groups is 1. The van der Waals surface area contributed by atoms with Crippen molar-refractivity contribution < 1.29 is 9.90 Å². The van der Waals surface area contributed by atoms with Crippen molar-refractivity contribution in [3.8, 4) is 0 Å². The molecular weight excluding hydrogens is 156 g/mol. The number of hydrogen-bond donors (Lipinski definition) is 2. The molecule has 70 valence electrons. The van der Waals surface area contributed by atoms with E-state index in [1.165, 1.54) is 0 Å². The fraction of sp³-hybridized carbons (Fsp3) is 0.875. The minimum atomic E-state index is -0.439. The highest BCUT2D eigenvalue weighted by Gasteiger charge is 2.28. The number of hydrogen-bond acceptors (Lipinski definition) is 3. The molecule has 0 bridgehead atoms. The van der Waals surface area contributed by atoms with Crippen LogP contribution in [-0.4, -0.2) is 41.7 Å². The van der Waals surface area contributed by atoms with E-state index in [1.807, 2.05) is 0 Å². The van der Waals surface area contributed by atoms with Crippen LogP contribution in [0.25, 0.3) is 0 Å². The molecule has 2 atom stereocenters. The van der Waals surface area contributed by atoms with Crippen molar-refractivity contribution in [3.05, 3.63) is 0 Å². The van der Waals surface area contributed by atoms with Crippen LogP contribution >= 0.6 is 0 Å². The average molecular weight is 172 g/mol. The Morgan fingerprint density at radius 3 is 2.92 bits per heavy atom. The molecule has 1 saturated heterocycles. The minimum absolute atomic E-state index is 0.117. The zero-order chi connectivity index (χ0) is 9.14. The number of aliphatic hydroxyl groups excluding tert-OH is 1. The second kappa shape index (κ2) is 3.87. The van der Waals surface area contributed by atoms with E-state index in [-0.39, 0.29) is 11.8 Å². The molecule has 1 aliphatic rings. The number of amides is 1. The molecule has 0 aromatic rings. The lowest BCUT2D eigenvalue weighted by atomic mass is 10.1. The molecule has 4 heteroatoms. The number of β-amino-alcohol motifs (C(OH)–C–C–N with tert-alkyl or cyclic N) is 1. The maximum atomic E-state index is 11.2.